The summed E-state index contributed by atoms with van der Waals surface area (Å²) in [7, 11) is 0. The first kappa shape index (κ1) is 5.47. The van der Waals surface area contributed by atoms with Crippen LogP contribution in [-0.4, -0.2) is 4.98 Å². The standard InChI is InChI=1S/C8H7NO/c1-5-4-7-6(5)2-3-9-8(7)10/h2-3H,1,4H2,(H,9,10). The molecule has 10 heavy (non-hydrogen) atoms. The minimum Gasteiger partial charge on any atom is -0.329 e. The van der Waals surface area contributed by atoms with Gasteiger partial charge in [-0.15, -0.1) is 0 Å². The second kappa shape index (κ2) is 1.59. The van der Waals surface area contributed by atoms with Crippen molar-refractivity contribution in [3.05, 3.63) is 40.3 Å². The van der Waals surface area contributed by atoms with Gasteiger partial charge in [0.05, 0.1) is 0 Å². The van der Waals surface area contributed by atoms with Gasteiger partial charge in [-0.2, -0.15) is 0 Å². The third-order valence-corrected chi connectivity index (χ3v) is 1.83. The Balaban J connectivity index is 2.78. The summed E-state index contributed by atoms with van der Waals surface area (Å²) in [4.78, 5) is 13.6. The Kier molecular flexibility index (Phi) is 0.873. The molecule has 1 aliphatic rings. The van der Waals surface area contributed by atoms with E-state index in [-0.39, 0.29) is 5.56 Å². The average molecular weight is 133 g/mol. The van der Waals surface area contributed by atoms with E-state index < -0.39 is 0 Å². The lowest BCUT2D eigenvalue weighted by molar-refractivity contribution is 1.06. The quantitative estimate of drug-likeness (QED) is 0.561. The van der Waals surface area contributed by atoms with Crippen molar-refractivity contribution in [1.29, 1.82) is 0 Å². The maximum Gasteiger partial charge on any atom is 0.252 e. The highest BCUT2D eigenvalue weighted by molar-refractivity contribution is 5.77. The zero-order valence-corrected chi connectivity index (χ0v) is 5.48. The number of rotatable bonds is 0. The molecule has 0 unspecified atom stereocenters. The van der Waals surface area contributed by atoms with Crippen molar-refractivity contribution in [2.24, 2.45) is 0 Å². The van der Waals surface area contributed by atoms with Crippen molar-refractivity contribution >= 4 is 5.57 Å². The molecule has 1 heterocycles. The fourth-order valence-corrected chi connectivity index (χ4v) is 1.22. The summed E-state index contributed by atoms with van der Waals surface area (Å²) in [5, 5.41) is 0. The summed E-state index contributed by atoms with van der Waals surface area (Å²) >= 11 is 0. The van der Waals surface area contributed by atoms with Gasteiger partial charge in [0.1, 0.15) is 0 Å². The van der Waals surface area contributed by atoms with Gasteiger partial charge in [0.25, 0.3) is 5.56 Å². The van der Waals surface area contributed by atoms with Crippen LogP contribution in [0.2, 0.25) is 0 Å². The largest absolute Gasteiger partial charge is 0.329 e. The first-order valence-electron chi connectivity index (χ1n) is 3.18. The minimum absolute atomic E-state index is 0.0323. The summed E-state index contributed by atoms with van der Waals surface area (Å²) in [6.07, 6.45) is 2.41. The minimum atomic E-state index is 0.0323. The smallest absolute Gasteiger partial charge is 0.252 e. The van der Waals surface area contributed by atoms with E-state index in [4.69, 9.17) is 0 Å². The number of aromatic amines is 1. The lowest BCUT2D eigenvalue weighted by Crippen LogP contribution is -2.21. The second-order valence-corrected chi connectivity index (χ2v) is 2.48. The van der Waals surface area contributed by atoms with Crippen LogP contribution >= 0.6 is 0 Å². The molecule has 2 nitrogen and oxygen atoms in total. The summed E-state index contributed by atoms with van der Waals surface area (Å²) in [6, 6.07) is 1.89. The molecule has 0 amide bonds. The summed E-state index contributed by atoms with van der Waals surface area (Å²) in [5.41, 5.74) is 3.02. The highest BCUT2D eigenvalue weighted by atomic mass is 16.1. The molecule has 1 aromatic rings. The molecule has 0 aromatic carbocycles. The molecule has 50 valence electrons. The molecule has 1 N–H and O–H groups in total. The zero-order chi connectivity index (χ0) is 7.14. The van der Waals surface area contributed by atoms with Gasteiger partial charge in [0, 0.05) is 18.2 Å². The summed E-state index contributed by atoms with van der Waals surface area (Å²) in [6.45, 7) is 3.79. The molecule has 1 aliphatic carbocycles. The number of aromatic nitrogens is 1. The zero-order valence-electron chi connectivity index (χ0n) is 5.48. The third kappa shape index (κ3) is 0.506. The fraction of sp³-hybridized carbons (Fsp3) is 0.125. The molecule has 0 aliphatic heterocycles. The maximum atomic E-state index is 10.9. The van der Waals surface area contributed by atoms with E-state index >= 15 is 0 Å². The molecule has 0 saturated carbocycles. The third-order valence-electron chi connectivity index (χ3n) is 1.83. The van der Waals surface area contributed by atoms with Crippen LogP contribution in [0.4, 0.5) is 0 Å². The Hall–Kier alpha value is -1.31. The molecule has 0 spiro atoms. The highest BCUT2D eigenvalue weighted by Gasteiger charge is 2.19. The van der Waals surface area contributed by atoms with E-state index in [0.717, 1.165) is 23.1 Å². The van der Waals surface area contributed by atoms with Gasteiger partial charge in [-0.25, -0.2) is 0 Å². The molecular weight excluding hydrogens is 126 g/mol. The molecule has 2 heteroatoms. The van der Waals surface area contributed by atoms with Crippen LogP contribution in [0.15, 0.2) is 23.6 Å². The molecule has 2 rings (SSSR count). The van der Waals surface area contributed by atoms with Gasteiger partial charge >= 0.3 is 0 Å². The fourth-order valence-electron chi connectivity index (χ4n) is 1.22. The van der Waals surface area contributed by atoms with E-state index in [0.29, 0.717) is 0 Å². The Bertz CT molecular complexity index is 349. The number of H-pyrrole nitrogens is 1. The number of pyridine rings is 1. The maximum absolute atomic E-state index is 10.9. The normalized spacial score (nSPS) is 14.2. The van der Waals surface area contributed by atoms with Crippen LogP contribution in [0.5, 0.6) is 0 Å². The van der Waals surface area contributed by atoms with Crippen molar-refractivity contribution in [3.63, 3.8) is 0 Å². The van der Waals surface area contributed by atoms with Crippen LogP contribution in [0, 0.1) is 0 Å². The van der Waals surface area contributed by atoms with Gasteiger partial charge < -0.3 is 4.98 Å². The molecule has 1 aromatic heterocycles. The lowest BCUT2D eigenvalue weighted by atomic mass is 9.86. The number of hydrogen-bond acceptors (Lipinski definition) is 1. The van der Waals surface area contributed by atoms with Crippen LogP contribution in [0.3, 0.4) is 0 Å². The van der Waals surface area contributed by atoms with Crippen molar-refractivity contribution in [1.82, 2.24) is 4.98 Å². The first-order valence-corrected chi connectivity index (χ1v) is 3.18. The van der Waals surface area contributed by atoms with Crippen molar-refractivity contribution in [3.8, 4) is 0 Å². The van der Waals surface area contributed by atoms with E-state index in [1.807, 2.05) is 6.07 Å². The van der Waals surface area contributed by atoms with Crippen molar-refractivity contribution < 1.29 is 0 Å². The number of hydrogen-bond donors (Lipinski definition) is 1. The number of fused-ring (bicyclic) bond motifs is 1. The number of nitrogens with one attached hydrogen (secondary N) is 1. The molecule has 0 fully saturated rings. The molecule has 0 saturated heterocycles. The Labute approximate surface area is 58.2 Å². The van der Waals surface area contributed by atoms with Gasteiger partial charge in [0.2, 0.25) is 0 Å². The van der Waals surface area contributed by atoms with E-state index in [2.05, 4.69) is 11.6 Å². The Morgan fingerprint density at radius 1 is 1.60 bits per heavy atom. The SMILES string of the molecule is C=C1Cc2c1cc[nH]c2=O. The first-order chi connectivity index (χ1) is 4.79. The average Bonchev–Trinajstić information content (AvgIpc) is 1.91. The molecule has 0 radical (unpaired) electrons. The van der Waals surface area contributed by atoms with Crippen LogP contribution < -0.4 is 5.56 Å². The molecule has 0 bridgehead atoms. The highest BCUT2D eigenvalue weighted by Crippen LogP contribution is 2.28. The van der Waals surface area contributed by atoms with Crippen LogP contribution in [-0.2, 0) is 6.42 Å². The van der Waals surface area contributed by atoms with Gasteiger partial charge in [-0.3, -0.25) is 4.79 Å². The Morgan fingerprint density at radius 3 is 3.00 bits per heavy atom. The molecule has 0 atom stereocenters. The lowest BCUT2D eigenvalue weighted by Gasteiger charge is -2.18. The summed E-state index contributed by atoms with van der Waals surface area (Å²) < 4.78 is 0. The van der Waals surface area contributed by atoms with E-state index in [9.17, 15) is 4.79 Å². The van der Waals surface area contributed by atoms with Gasteiger partial charge in [-0.1, -0.05) is 6.58 Å². The van der Waals surface area contributed by atoms with Gasteiger partial charge in [-0.05, 0) is 17.2 Å². The monoisotopic (exact) mass is 133 g/mol. The topological polar surface area (TPSA) is 32.9 Å². The van der Waals surface area contributed by atoms with Crippen LogP contribution in [0.1, 0.15) is 11.1 Å². The van der Waals surface area contributed by atoms with E-state index in [1.54, 1.807) is 6.20 Å². The Morgan fingerprint density at radius 2 is 2.40 bits per heavy atom. The van der Waals surface area contributed by atoms with Crippen molar-refractivity contribution in [2.75, 3.05) is 0 Å². The van der Waals surface area contributed by atoms with Crippen molar-refractivity contribution in [2.45, 2.75) is 6.42 Å². The summed E-state index contributed by atoms with van der Waals surface area (Å²) in [5.74, 6) is 0. The van der Waals surface area contributed by atoms with E-state index in [1.165, 1.54) is 0 Å². The van der Waals surface area contributed by atoms with Crippen LogP contribution in [0.25, 0.3) is 5.57 Å². The molecular formula is C8H7NO. The van der Waals surface area contributed by atoms with Gasteiger partial charge in [0.15, 0.2) is 0 Å². The predicted molar refractivity (Wildman–Crippen MR) is 39.8 cm³/mol. The number of allylic oxidation sites excluding steroid dienone is 1. The second-order valence-electron chi connectivity index (χ2n) is 2.48. The predicted octanol–water partition coefficient (Wildman–Crippen LogP) is 0.944.